The molecule has 6 heteroatoms. The van der Waals surface area contributed by atoms with Crippen LogP contribution in [-0.2, 0) is 4.74 Å². The van der Waals surface area contributed by atoms with E-state index in [2.05, 4.69) is 13.0 Å². The maximum Gasteiger partial charge on any atom is 0.513 e. The number of carbonyl (C=O) groups is 1. The highest BCUT2D eigenvalue weighted by atomic mass is 16.7. The molecular formula is C23H26O6. The van der Waals surface area contributed by atoms with E-state index in [0.717, 1.165) is 22.4 Å². The van der Waals surface area contributed by atoms with Crippen molar-refractivity contribution >= 4 is 12.2 Å². The van der Waals surface area contributed by atoms with E-state index in [1.54, 1.807) is 20.1 Å². The number of methoxy groups -OCH3 is 2. The van der Waals surface area contributed by atoms with Gasteiger partial charge in [-0.15, -0.1) is 0 Å². The molecule has 1 aliphatic heterocycles. The van der Waals surface area contributed by atoms with Crippen molar-refractivity contribution in [2.45, 2.75) is 32.8 Å². The fraction of sp³-hybridized carbons (Fsp3) is 0.348. The molecule has 29 heavy (non-hydrogen) atoms. The molecule has 2 atom stereocenters. The van der Waals surface area contributed by atoms with Crippen LogP contribution in [0.1, 0.15) is 49.5 Å². The van der Waals surface area contributed by atoms with Gasteiger partial charge in [0.25, 0.3) is 0 Å². The van der Waals surface area contributed by atoms with E-state index in [1.165, 1.54) is 7.11 Å². The molecule has 6 nitrogen and oxygen atoms in total. The number of hydrogen-bond donors (Lipinski definition) is 0. The standard InChI is InChI=1S/C23H26O6/c1-6-8-15-11-17-14(3)21(29-22(17)20(12-15)26-5)16-9-10-18(19(13-16)25-4)28-23(24)27-7-2/h6,8-14,21H,7H2,1-5H3/b8-6+/t14-,21-/m0/s1. The average Bonchev–Trinajstić information content (AvgIpc) is 3.05. The number of rotatable bonds is 6. The van der Waals surface area contributed by atoms with Gasteiger partial charge in [0.05, 0.1) is 20.8 Å². The molecule has 0 aliphatic carbocycles. The molecule has 0 fully saturated rings. The number of allylic oxidation sites excluding steroid dienone is 1. The lowest BCUT2D eigenvalue weighted by molar-refractivity contribution is 0.103. The van der Waals surface area contributed by atoms with Crippen LogP contribution in [-0.4, -0.2) is 27.0 Å². The average molecular weight is 398 g/mol. The Morgan fingerprint density at radius 3 is 2.52 bits per heavy atom. The Balaban J connectivity index is 1.92. The third-order valence-electron chi connectivity index (χ3n) is 4.85. The van der Waals surface area contributed by atoms with Crippen LogP contribution in [0.3, 0.4) is 0 Å². The van der Waals surface area contributed by atoms with Gasteiger partial charge in [-0.05, 0) is 49.2 Å². The van der Waals surface area contributed by atoms with Crippen LogP contribution < -0.4 is 18.9 Å². The number of benzene rings is 2. The van der Waals surface area contributed by atoms with Crippen molar-refractivity contribution < 1.29 is 28.5 Å². The molecule has 0 bridgehead atoms. The van der Waals surface area contributed by atoms with E-state index < -0.39 is 6.16 Å². The first-order chi connectivity index (χ1) is 14.0. The predicted molar refractivity (Wildman–Crippen MR) is 110 cm³/mol. The van der Waals surface area contributed by atoms with Crippen molar-refractivity contribution in [3.8, 4) is 23.0 Å². The highest BCUT2D eigenvalue weighted by molar-refractivity contribution is 5.66. The molecule has 0 radical (unpaired) electrons. The molecule has 0 amide bonds. The molecule has 1 heterocycles. The maximum absolute atomic E-state index is 11.6. The number of hydrogen-bond acceptors (Lipinski definition) is 6. The Morgan fingerprint density at radius 1 is 1.10 bits per heavy atom. The number of carbonyl (C=O) groups excluding carboxylic acids is 1. The zero-order valence-electron chi connectivity index (χ0n) is 17.4. The lowest BCUT2D eigenvalue weighted by atomic mass is 9.91. The quantitative estimate of drug-likeness (QED) is 0.472. The van der Waals surface area contributed by atoms with E-state index >= 15 is 0 Å². The van der Waals surface area contributed by atoms with Gasteiger partial charge in [-0.25, -0.2) is 4.79 Å². The minimum Gasteiger partial charge on any atom is -0.493 e. The molecule has 3 rings (SSSR count). The maximum atomic E-state index is 11.6. The highest BCUT2D eigenvalue weighted by Crippen LogP contribution is 2.51. The second-order valence-corrected chi connectivity index (χ2v) is 6.66. The summed E-state index contributed by atoms with van der Waals surface area (Å²) in [7, 11) is 3.16. The Labute approximate surface area is 171 Å². The molecular weight excluding hydrogens is 372 g/mol. The zero-order valence-corrected chi connectivity index (χ0v) is 17.4. The zero-order chi connectivity index (χ0) is 21.0. The van der Waals surface area contributed by atoms with E-state index in [-0.39, 0.29) is 18.6 Å². The second-order valence-electron chi connectivity index (χ2n) is 6.66. The molecule has 0 saturated carbocycles. The molecule has 0 unspecified atom stereocenters. The summed E-state index contributed by atoms with van der Waals surface area (Å²) in [5.74, 6) is 2.29. The van der Waals surface area contributed by atoms with E-state index in [1.807, 2.05) is 37.3 Å². The van der Waals surface area contributed by atoms with Gasteiger partial charge >= 0.3 is 6.16 Å². The summed E-state index contributed by atoms with van der Waals surface area (Å²) in [6, 6.07) is 9.46. The Hall–Kier alpha value is -3.15. The van der Waals surface area contributed by atoms with Crippen LogP contribution in [0.2, 0.25) is 0 Å². The predicted octanol–water partition coefficient (Wildman–Crippen LogP) is 5.51. The van der Waals surface area contributed by atoms with Gasteiger partial charge in [0.15, 0.2) is 23.0 Å². The van der Waals surface area contributed by atoms with Crippen LogP contribution in [0.5, 0.6) is 23.0 Å². The van der Waals surface area contributed by atoms with E-state index in [9.17, 15) is 4.79 Å². The van der Waals surface area contributed by atoms with Gasteiger partial charge < -0.3 is 23.7 Å². The van der Waals surface area contributed by atoms with Gasteiger partial charge in [-0.2, -0.15) is 0 Å². The van der Waals surface area contributed by atoms with E-state index in [0.29, 0.717) is 17.2 Å². The van der Waals surface area contributed by atoms with Gasteiger partial charge in [0.2, 0.25) is 0 Å². The Kier molecular flexibility index (Phi) is 6.32. The smallest absolute Gasteiger partial charge is 0.493 e. The summed E-state index contributed by atoms with van der Waals surface area (Å²) in [5.41, 5.74) is 3.07. The van der Waals surface area contributed by atoms with Crippen molar-refractivity contribution in [1.29, 1.82) is 0 Å². The monoisotopic (exact) mass is 398 g/mol. The minimum atomic E-state index is -0.766. The van der Waals surface area contributed by atoms with Crippen LogP contribution in [0.4, 0.5) is 4.79 Å². The van der Waals surface area contributed by atoms with Crippen molar-refractivity contribution in [3.05, 3.63) is 53.1 Å². The molecule has 0 saturated heterocycles. The summed E-state index contributed by atoms with van der Waals surface area (Å²) >= 11 is 0. The number of ether oxygens (including phenoxy) is 5. The summed E-state index contributed by atoms with van der Waals surface area (Å²) in [4.78, 5) is 11.6. The molecule has 0 spiro atoms. The summed E-state index contributed by atoms with van der Waals surface area (Å²) in [5, 5.41) is 0. The van der Waals surface area contributed by atoms with Crippen LogP contribution >= 0.6 is 0 Å². The topological polar surface area (TPSA) is 63.2 Å². The highest BCUT2D eigenvalue weighted by Gasteiger charge is 2.35. The van der Waals surface area contributed by atoms with Crippen molar-refractivity contribution in [3.63, 3.8) is 0 Å². The third-order valence-corrected chi connectivity index (χ3v) is 4.85. The fourth-order valence-corrected chi connectivity index (χ4v) is 3.48. The second kappa shape index (κ2) is 8.90. The minimum absolute atomic E-state index is 0.102. The first-order valence-corrected chi connectivity index (χ1v) is 9.56. The molecule has 0 N–H and O–H groups in total. The van der Waals surface area contributed by atoms with Crippen molar-refractivity contribution in [2.75, 3.05) is 20.8 Å². The summed E-state index contributed by atoms with van der Waals surface area (Å²) in [6.07, 6.45) is 3.04. The van der Waals surface area contributed by atoms with Gasteiger partial charge in [-0.3, -0.25) is 0 Å². The third kappa shape index (κ3) is 4.16. The summed E-state index contributed by atoms with van der Waals surface area (Å²) < 4.78 is 27.3. The van der Waals surface area contributed by atoms with Gasteiger partial charge in [0, 0.05) is 11.5 Å². The normalized spacial score (nSPS) is 17.6. The van der Waals surface area contributed by atoms with E-state index in [4.69, 9.17) is 23.7 Å². The first-order valence-electron chi connectivity index (χ1n) is 9.56. The Morgan fingerprint density at radius 2 is 1.86 bits per heavy atom. The SMILES string of the molecule is C/C=C/c1cc(OC)c2c(c1)[C@H](C)[C@@H](c1ccc(OC(=O)OCC)c(OC)c1)O2. The molecule has 1 aliphatic rings. The van der Waals surface area contributed by atoms with Crippen LogP contribution in [0, 0.1) is 0 Å². The molecule has 0 aromatic heterocycles. The Bertz CT molecular complexity index is 918. The lowest BCUT2D eigenvalue weighted by Gasteiger charge is -2.18. The van der Waals surface area contributed by atoms with Gasteiger partial charge in [0.1, 0.15) is 6.10 Å². The first kappa shape index (κ1) is 20.6. The number of fused-ring (bicyclic) bond motifs is 1. The molecule has 2 aromatic carbocycles. The molecule has 154 valence electrons. The lowest BCUT2D eigenvalue weighted by Crippen LogP contribution is -2.12. The van der Waals surface area contributed by atoms with Crippen molar-refractivity contribution in [1.82, 2.24) is 0 Å². The van der Waals surface area contributed by atoms with Crippen molar-refractivity contribution in [2.24, 2.45) is 0 Å². The summed E-state index contributed by atoms with van der Waals surface area (Å²) in [6.45, 7) is 6.05. The largest absolute Gasteiger partial charge is 0.513 e. The van der Waals surface area contributed by atoms with Crippen LogP contribution in [0.25, 0.3) is 6.08 Å². The van der Waals surface area contributed by atoms with Gasteiger partial charge in [-0.1, -0.05) is 25.1 Å². The van der Waals surface area contributed by atoms with Crippen LogP contribution in [0.15, 0.2) is 36.4 Å². The fourth-order valence-electron chi connectivity index (χ4n) is 3.48. The molecule has 2 aromatic rings.